The average Bonchev–Trinajstić information content (AvgIpc) is 2.34. The van der Waals surface area contributed by atoms with Gasteiger partial charge in [0.2, 0.25) is 0 Å². The summed E-state index contributed by atoms with van der Waals surface area (Å²) in [5.74, 6) is -0.245. The molecule has 2 rings (SSSR count). The minimum atomic E-state index is -0.301. The Morgan fingerprint density at radius 1 is 1.05 bits per heavy atom. The van der Waals surface area contributed by atoms with Crippen LogP contribution in [-0.4, -0.2) is 7.05 Å². The summed E-state index contributed by atoms with van der Waals surface area (Å²) in [4.78, 5) is 0. The van der Waals surface area contributed by atoms with Gasteiger partial charge in [-0.2, -0.15) is 0 Å². The number of benzene rings is 2. The third-order valence-electron chi connectivity index (χ3n) is 3.03. The molecule has 0 saturated carbocycles. The molecule has 0 saturated heterocycles. The molecule has 2 aromatic rings. The molecule has 4 heteroatoms. The summed E-state index contributed by atoms with van der Waals surface area (Å²) in [5, 5.41) is 4.17. The molecule has 0 fully saturated rings. The van der Waals surface area contributed by atoms with Crippen molar-refractivity contribution in [2.75, 3.05) is 7.05 Å². The van der Waals surface area contributed by atoms with Gasteiger partial charge in [0.05, 0.1) is 6.04 Å². The van der Waals surface area contributed by atoms with Gasteiger partial charge in [0.25, 0.3) is 0 Å². The summed E-state index contributed by atoms with van der Waals surface area (Å²) >= 11 is 12.1. The van der Waals surface area contributed by atoms with Crippen molar-refractivity contribution < 1.29 is 4.39 Å². The van der Waals surface area contributed by atoms with Gasteiger partial charge in [0.15, 0.2) is 0 Å². The molecule has 0 heterocycles. The van der Waals surface area contributed by atoms with Crippen LogP contribution in [0.4, 0.5) is 4.39 Å². The minimum Gasteiger partial charge on any atom is -0.309 e. The first-order chi connectivity index (χ1) is 9.02. The van der Waals surface area contributed by atoms with Crippen molar-refractivity contribution in [1.82, 2.24) is 5.32 Å². The zero-order valence-corrected chi connectivity index (χ0v) is 12.2. The van der Waals surface area contributed by atoms with E-state index < -0.39 is 0 Å². The van der Waals surface area contributed by atoms with E-state index in [0.717, 1.165) is 11.1 Å². The maximum absolute atomic E-state index is 14.1. The highest BCUT2D eigenvalue weighted by Gasteiger charge is 2.18. The van der Waals surface area contributed by atoms with Crippen LogP contribution in [-0.2, 0) is 0 Å². The molecule has 1 nitrogen and oxygen atoms in total. The molecule has 0 aromatic heterocycles. The fourth-order valence-electron chi connectivity index (χ4n) is 2.08. The van der Waals surface area contributed by atoms with Crippen molar-refractivity contribution in [1.29, 1.82) is 0 Å². The van der Waals surface area contributed by atoms with Crippen molar-refractivity contribution in [2.45, 2.75) is 13.0 Å². The maximum Gasteiger partial charge on any atom is 0.128 e. The van der Waals surface area contributed by atoms with Crippen LogP contribution >= 0.6 is 23.2 Å². The van der Waals surface area contributed by atoms with Crippen LogP contribution in [0.5, 0.6) is 0 Å². The quantitative estimate of drug-likeness (QED) is 0.862. The van der Waals surface area contributed by atoms with Crippen LogP contribution in [0.1, 0.15) is 22.7 Å². The van der Waals surface area contributed by atoms with Gasteiger partial charge in [-0.3, -0.25) is 0 Å². The molecule has 19 heavy (non-hydrogen) atoms. The molecule has 0 bridgehead atoms. The first-order valence-corrected chi connectivity index (χ1v) is 6.66. The van der Waals surface area contributed by atoms with Gasteiger partial charge in [-0.1, -0.05) is 41.4 Å². The van der Waals surface area contributed by atoms with E-state index in [2.05, 4.69) is 5.32 Å². The second-order valence-electron chi connectivity index (χ2n) is 4.41. The number of rotatable bonds is 3. The zero-order valence-electron chi connectivity index (χ0n) is 10.7. The second-order valence-corrected chi connectivity index (χ2v) is 5.26. The van der Waals surface area contributed by atoms with Gasteiger partial charge in [-0.25, -0.2) is 4.39 Å². The molecule has 1 N–H and O–H groups in total. The van der Waals surface area contributed by atoms with Crippen LogP contribution in [0, 0.1) is 12.7 Å². The molecule has 1 unspecified atom stereocenters. The van der Waals surface area contributed by atoms with Crippen molar-refractivity contribution in [3.63, 3.8) is 0 Å². The van der Waals surface area contributed by atoms with Crippen LogP contribution < -0.4 is 5.32 Å². The summed E-state index contributed by atoms with van der Waals surface area (Å²) in [6.45, 7) is 1.86. The highest BCUT2D eigenvalue weighted by molar-refractivity contribution is 6.35. The highest BCUT2D eigenvalue weighted by atomic mass is 35.5. The Morgan fingerprint density at radius 2 is 1.74 bits per heavy atom. The van der Waals surface area contributed by atoms with E-state index in [9.17, 15) is 4.39 Å². The van der Waals surface area contributed by atoms with E-state index in [1.54, 1.807) is 25.2 Å². The Bertz CT molecular complexity index is 547. The van der Waals surface area contributed by atoms with Gasteiger partial charge in [0.1, 0.15) is 5.82 Å². The molecular weight excluding hydrogens is 284 g/mol. The normalized spacial score (nSPS) is 12.5. The molecule has 0 aliphatic heterocycles. The van der Waals surface area contributed by atoms with Gasteiger partial charge < -0.3 is 5.32 Å². The Morgan fingerprint density at radius 3 is 2.32 bits per heavy atom. The molecule has 0 aliphatic rings. The average molecular weight is 298 g/mol. The lowest BCUT2D eigenvalue weighted by molar-refractivity contribution is 0.575. The molecule has 1 atom stereocenters. The van der Waals surface area contributed by atoms with E-state index in [0.29, 0.717) is 15.6 Å². The lowest BCUT2D eigenvalue weighted by atomic mass is 9.97. The van der Waals surface area contributed by atoms with Crippen molar-refractivity contribution in [3.8, 4) is 0 Å². The third-order valence-corrected chi connectivity index (χ3v) is 3.59. The number of nitrogens with one attached hydrogen (secondary N) is 1. The van der Waals surface area contributed by atoms with E-state index in [4.69, 9.17) is 23.2 Å². The second kappa shape index (κ2) is 5.91. The highest BCUT2D eigenvalue weighted by Crippen LogP contribution is 2.31. The Kier molecular flexibility index (Phi) is 4.46. The largest absolute Gasteiger partial charge is 0.309 e. The van der Waals surface area contributed by atoms with E-state index in [-0.39, 0.29) is 11.9 Å². The third kappa shape index (κ3) is 3.08. The molecule has 0 amide bonds. The minimum absolute atomic E-state index is 0.245. The van der Waals surface area contributed by atoms with Gasteiger partial charge >= 0.3 is 0 Å². The predicted molar refractivity (Wildman–Crippen MR) is 78.5 cm³/mol. The summed E-state index contributed by atoms with van der Waals surface area (Å²) in [5.41, 5.74) is 2.26. The summed E-state index contributed by atoms with van der Waals surface area (Å²) < 4.78 is 14.1. The number of hydrogen-bond donors (Lipinski definition) is 1. The van der Waals surface area contributed by atoms with E-state index in [1.165, 1.54) is 6.07 Å². The van der Waals surface area contributed by atoms with Crippen LogP contribution in [0.15, 0.2) is 36.4 Å². The van der Waals surface area contributed by atoms with Crippen molar-refractivity contribution >= 4 is 23.2 Å². The smallest absolute Gasteiger partial charge is 0.128 e. The lowest BCUT2D eigenvalue weighted by Crippen LogP contribution is -2.19. The molecule has 0 aliphatic carbocycles. The summed E-state index contributed by atoms with van der Waals surface area (Å²) in [6.07, 6.45) is 0. The Balaban J connectivity index is 2.50. The zero-order chi connectivity index (χ0) is 14.0. The van der Waals surface area contributed by atoms with Crippen LogP contribution in [0.3, 0.4) is 0 Å². The van der Waals surface area contributed by atoms with E-state index >= 15 is 0 Å². The number of halogens is 3. The van der Waals surface area contributed by atoms with Gasteiger partial charge in [-0.05, 0) is 43.3 Å². The number of aryl methyl sites for hydroxylation is 1. The monoisotopic (exact) mass is 297 g/mol. The Labute approximate surface area is 122 Å². The van der Waals surface area contributed by atoms with Crippen LogP contribution in [0.2, 0.25) is 10.0 Å². The fraction of sp³-hybridized carbons (Fsp3) is 0.200. The van der Waals surface area contributed by atoms with Crippen molar-refractivity contribution in [3.05, 3.63) is 69.0 Å². The van der Waals surface area contributed by atoms with Gasteiger partial charge in [-0.15, -0.1) is 0 Å². The molecule has 0 radical (unpaired) electrons. The number of hydrogen-bond acceptors (Lipinski definition) is 1. The predicted octanol–water partition coefficient (Wildman–Crippen LogP) is 4.75. The standard InChI is InChI=1S/C15H14Cl2FN/c1-9-3-5-12(14(18)7-9)15(19-2)11-6-4-10(16)8-13(11)17/h3-8,15,19H,1-2H3. The summed E-state index contributed by atoms with van der Waals surface area (Å²) in [6, 6.07) is 10.1. The topological polar surface area (TPSA) is 12.0 Å². The van der Waals surface area contributed by atoms with Gasteiger partial charge in [0, 0.05) is 15.6 Å². The van der Waals surface area contributed by atoms with Crippen LogP contribution in [0.25, 0.3) is 0 Å². The first kappa shape index (κ1) is 14.3. The molecule has 100 valence electrons. The lowest BCUT2D eigenvalue weighted by Gasteiger charge is -2.19. The molecule has 2 aromatic carbocycles. The Hall–Kier alpha value is -1.09. The molecular formula is C15H14Cl2FN. The maximum atomic E-state index is 14.1. The molecule has 0 spiro atoms. The summed E-state index contributed by atoms with van der Waals surface area (Å²) in [7, 11) is 1.77. The first-order valence-electron chi connectivity index (χ1n) is 5.91. The fourth-order valence-corrected chi connectivity index (χ4v) is 2.60. The van der Waals surface area contributed by atoms with Crippen molar-refractivity contribution in [2.24, 2.45) is 0 Å². The SMILES string of the molecule is CNC(c1ccc(C)cc1F)c1ccc(Cl)cc1Cl. The van der Waals surface area contributed by atoms with E-state index in [1.807, 2.05) is 19.1 Å².